The van der Waals surface area contributed by atoms with Gasteiger partial charge in [0.25, 0.3) is 0 Å². The topological polar surface area (TPSA) is 78.9 Å². The second-order valence-corrected chi connectivity index (χ2v) is 5.19. The molecule has 0 amide bonds. The Morgan fingerprint density at radius 2 is 1.74 bits per heavy atom. The maximum absolute atomic E-state index is 12.1. The molecular weight excluding hydrogens is 324 g/mol. The van der Waals surface area contributed by atoms with Crippen LogP contribution in [-0.2, 0) is 28.6 Å². The van der Waals surface area contributed by atoms with Crippen molar-refractivity contribution >= 4 is 34.5 Å². The molecule has 1 heterocycles. The van der Waals surface area contributed by atoms with Crippen LogP contribution < -0.4 is 0 Å². The van der Waals surface area contributed by atoms with E-state index in [1.165, 1.54) is 0 Å². The van der Waals surface area contributed by atoms with Crippen molar-refractivity contribution in [1.29, 1.82) is 0 Å². The molecule has 7 heteroatoms. The highest BCUT2D eigenvalue weighted by Gasteiger charge is 2.48. The Labute approximate surface area is 138 Å². The molecule has 1 saturated heterocycles. The van der Waals surface area contributed by atoms with Gasteiger partial charge in [-0.1, -0.05) is 41.9 Å². The van der Waals surface area contributed by atoms with E-state index < -0.39 is 29.7 Å². The van der Waals surface area contributed by atoms with Crippen LogP contribution in [0.5, 0.6) is 0 Å². The lowest BCUT2D eigenvalue weighted by atomic mass is 9.86. The fourth-order valence-corrected chi connectivity index (χ4v) is 2.70. The highest BCUT2D eigenvalue weighted by Crippen LogP contribution is 2.37. The van der Waals surface area contributed by atoms with Crippen molar-refractivity contribution in [2.45, 2.75) is 0 Å². The van der Waals surface area contributed by atoms with Crippen LogP contribution in [0, 0.1) is 11.8 Å². The smallest absolute Gasteiger partial charge is 0.321 e. The van der Waals surface area contributed by atoms with Crippen LogP contribution >= 0.6 is 11.6 Å². The van der Waals surface area contributed by atoms with E-state index in [1.54, 1.807) is 24.3 Å². The van der Waals surface area contributed by atoms with Gasteiger partial charge in [0.05, 0.1) is 19.3 Å². The third-order valence-electron chi connectivity index (χ3n) is 3.55. The fraction of sp³-hybridized carbons (Fsp3) is 0.312. The molecule has 0 aliphatic carbocycles. The largest absolute Gasteiger partial charge is 0.468 e. The van der Waals surface area contributed by atoms with E-state index >= 15 is 0 Å². The summed E-state index contributed by atoms with van der Waals surface area (Å²) in [5, 5.41) is 0.263. The van der Waals surface area contributed by atoms with E-state index in [2.05, 4.69) is 9.47 Å². The van der Waals surface area contributed by atoms with Crippen LogP contribution in [0.15, 0.2) is 35.9 Å². The van der Waals surface area contributed by atoms with Crippen LogP contribution in [0.1, 0.15) is 5.56 Å². The number of carbonyl (C=O) groups is 3. The van der Waals surface area contributed by atoms with E-state index in [9.17, 15) is 14.4 Å². The molecule has 122 valence electrons. The Bertz CT molecular complexity index is 636. The first kappa shape index (κ1) is 17.0. The molecule has 0 saturated carbocycles. The van der Waals surface area contributed by atoms with Crippen molar-refractivity contribution in [3.63, 3.8) is 0 Å². The minimum Gasteiger partial charge on any atom is -0.468 e. The summed E-state index contributed by atoms with van der Waals surface area (Å²) in [7, 11) is 2.25. The number of cyclic esters (lactones) is 1. The van der Waals surface area contributed by atoms with E-state index in [0.717, 1.165) is 14.2 Å². The zero-order valence-electron chi connectivity index (χ0n) is 12.6. The van der Waals surface area contributed by atoms with Crippen molar-refractivity contribution in [3.05, 3.63) is 41.5 Å². The molecule has 2 rings (SSSR count). The van der Waals surface area contributed by atoms with Gasteiger partial charge < -0.3 is 14.2 Å². The maximum atomic E-state index is 12.1. The number of halogens is 1. The molecule has 1 aliphatic heterocycles. The van der Waals surface area contributed by atoms with Crippen LogP contribution in [0.3, 0.4) is 0 Å². The lowest BCUT2D eigenvalue weighted by Gasteiger charge is -2.18. The molecule has 1 aromatic rings. The first-order chi connectivity index (χ1) is 11.0. The molecule has 6 nitrogen and oxygen atoms in total. The van der Waals surface area contributed by atoms with Gasteiger partial charge in [-0.25, -0.2) is 0 Å². The van der Waals surface area contributed by atoms with Gasteiger partial charge in [0.1, 0.15) is 12.5 Å². The second kappa shape index (κ2) is 7.28. The number of methoxy groups -OCH3 is 2. The maximum Gasteiger partial charge on any atom is 0.321 e. The SMILES string of the molecule is COC(=O)C(C(=O)OC)C1C(=O)OC/C1=C(/Cl)c1ccccc1. The summed E-state index contributed by atoms with van der Waals surface area (Å²) in [5.74, 6) is -5.09. The minimum absolute atomic E-state index is 0.0955. The average molecular weight is 339 g/mol. The van der Waals surface area contributed by atoms with Gasteiger partial charge in [0.2, 0.25) is 0 Å². The van der Waals surface area contributed by atoms with E-state index in [1.807, 2.05) is 6.07 Å². The Kier molecular flexibility index (Phi) is 5.39. The van der Waals surface area contributed by atoms with Crippen molar-refractivity contribution in [1.82, 2.24) is 0 Å². The number of benzene rings is 1. The standard InChI is InChI=1S/C16H15ClO6/c1-21-14(18)12(15(19)22-2)11-10(8-23-16(11)20)13(17)9-6-4-3-5-7-9/h3-7,11-12H,8H2,1-2H3/b13-10-. The highest BCUT2D eigenvalue weighted by molar-refractivity contribution is 6.49. The van der Waals surface area contributed by atoms with E-state index in [4.69, 9.17) is 16.3 Å². The molecule has 1 atom stereocenters. The summed E-state index contributed by atoms with van der Waals surface area (Å²) in [6, 6.07) is 8.88. The molecule has 0 radical (unpaired) electrons. The number of ether oxygens (including phenoxy) is 3. The Balaban J connectivity index is 2.50. The van der Waals surface area contributed by atoms with E-state index in [0.29, 0.717) is 11.1 Å². The van der Waals surface area contributed by atoms with Gasteiger partial charge in [-0.3, -0.25) is 14.4 Å². The van der Waals surface area contributed by atoms with Crippen LogP contribution in [-0.4, -0.2) is 38.7 Å². The third kappa shape index (κ3) is 3.37. The molecular formula is C16H15ClO6. The number of hydrogen-bond acceptors (Lipinski definition) is 6. The molecule has 1 unspecified atom stereocenters. The molecule has 0 spiro atoms. The van der Waals surface area contributed by atoms with Crippen molar-refractivity contribution < 1.29 is 28.6 Å². The molecule has 1 aromatic carbocycles. The first-order valence-corrected chi connectivity index (χ1v) is 7.15. The lowest BCUT2D eigenvalue weighted by Crippen LogP contribution is -2.36. The Hall–Kier alpha value is -2.34. The number of rotatable bonds is 4. The molecule has 0 aromatic heterocycles. The van der Waals surface area contributed by atoms with Gasteiger partial charge in [0.15, 0.2) is 5.92 Å². The summed E-state index contributed by atoms with van der Waals surface area (Å²) in [4.78, 5) is 36.0. The Morgan fingerprint density at radius 3 is 2.26 bits per heavy atom. The number of esters is 3. The number of hydrogen-bond donors (Lipinski definition) is 0. The summed E-state index contributed by atoms with van der Waals surface area (Å²) < 4.78 is 14.2. The summed E-state index contributed by atoms with van der Waals surface area (Å²) >= 11 is 6.36. The molecule has 0 bridgehead atoms. The molecule has 1 aliphatic rings. The normalized spacial score (nSPS) is 19.3. The molecule has 0 N–H and O–H groups in total. The molecule has 23 heavy (non-hydrogen) atoms. The zero-order valence-corrected chi connectivity index (χ0v) is 13.3. The highest BCUT2D eigenvalue weighted by atomic mass is 35.5. The lowest BCUT2D eigenvalue weighted by molar-refractivity contribution is -0.165. The monoisotopic (exact) mass is 338 g/mol. The first-order valence-electron chi connectivity index (χ1n) is 6.77. The number of carbonyl (C=O) groups excluding carboxylic acids is 3. The van der Waals surface area contributed by atoms with E-state index in [-0.39, 0.29) is 11.6 Å². The molecule has 1 fully saturated rings. The van der Waals surface area contributed by atoms with Crippen molar-refractivity contribution in [2.24, 2.45) is 11.8 Å². The quantitative estimate of drug-likeness (QED) is 0.473. The van der Waals surface area contributed by atoms with Gasteiger partial charge in [0, 0.05) is 5.57 Å². The van der Waals surface area contributed by atoms with Crippen molar-refractivity contribution in [3.8, 4) is 0 Å². The summed E-state index contributed by atoms with van der Waals surface area (Å²) in [6.07, 6.45) is 0. The fourth-order valence-electron chi connectivity index (χ4n) is 2.40. The second-order valence-electron chi connectivity index (χ2n) is 4.81. The van der Waals surface area contributed by atoms with Crippen LogP contribution in [0.4, 0.5) is 0 Å². The van der Waals surface area contributed by atoms with Gasteiger partial charge >= 0.3 is 17.9 Å². The van der Waals surface area contributed by atoms with Gasteiger partial charge in [-0.05, 0) is 5.56 Å². The van der Waals surface area contributed by atoms with Gasteiger partial charge in [-0.2, -0.15) is 0 Å². The summed E-state index contributed by atoms with van der Waals surface area (Å²) in [5.41, 5.74) is 1.00. The van der Waals surface area contributed by atoms with Crippen LogP contribution in [0.25, 0.3) is 5.03 Å². The predicted octanol–water partition coefficient (Wildman–Crippen LogP) is 1.77. The predicted molar refractivity (Wildman–Crippen MR) is 81.2 cm³/mol. The summed E-state index contributed by atoms with van der Waals surface area (Å²) in [6.45, 7) is -0.0955. The van der Waals surface area contributed by atoms with Crippen LogP contribution in [0.2, 0.25) is 0 Å². The zero-order chi connectivity index (χ0) is 17.0. The third-order valence-corrected chi connectivity index (χ3v) is 4.01. The van der Waals surface area contributed by atoms with Crippen molar-refractivity contribution in [2.75, 3.05) is 20.8 Å². The average Bonchev–Trinajstić information content (AvgIpc) is 2.96. The Morgan fingerprint density at radius 1 is 1.17 bits per heavy atom. The minimum atomic E-state index is -1.45. The van der Waals surface area contributed by atoms with Gasteiger partial charge in [-0.15, -0.1) is 0 Å².